The van der Waals surface area contributed by atoms with E-state index in [1.165, 1.54) is 0 Å². The molecule has 1 aromatic heterocycles. The smallest absolute Gasteiger partial charge is 0.444 e. The molecule has 0 spiro atoms. The number of aromatic nitrogens is 2. The summed E-state index contributed by atoms with van der Waals surface area (Å²) < 4.78 is 19.8. The van der Waals surface area contributed by atoms with Gasteiger partial charge in [0, 0.05) is 11.7 Å². The van der Waals surface area contributed by atoms with Gasteiger partial charge in [0.05, 0.1) is 36.0 Å². The lowest BCUT2D eigenvalue weighted by molar-refractivity contribution is 0.00578. The Balaban J connectivity index is 1.85. The van der Waals surface area contributed by atoms with Crippen molar-refractivity contribution >= 4 is 18.7 Å². The molecule has 144 valence electrons. The normalized spacial score (nSPS) is 24.5. The molecule has 1 fully saturated rings. The number of amides is 1. The summed E-state index contributed by atoms with van der Waals surface area (Å²) in [6.07, 6.45) is 1.49. The molecule has 0 aliphatic carbocycles. The zero-order valence-electron chi connectivity index (χ0n) is 17.1. The minimum absolute atomic E-state index is 0.00315. The highest BCUT2D eigenvalue weighted by Gasteiger charge is 2.53. The van der Waals surface area contributed by atoms with E-state index in [2.05, 4.69) is 5.10 Å². The van der Waals surface area contributed by atoms with Gasteiger partial charge < -0.3 is 14.0 Å². The number of fused-ring (bicyclic) bond motifs is 1. The quantitative estimate of drug-likeness (QED) is 0.717. The molecular formula is C18H30BN3O4. The first-order valence-electron chi connectivity index (χ1n) is 9.20. The summed E-state index contributed by atoms with van der Waals surface area (Å²) in [5.41, 5.74) is 0.457. The molecule has 3 rings (SSSR count). The summed E-state index contributed by atoms with van der Waals surface area (Å²) in [5.74, 6) is 0. The highest BCUT2D eigenvalue weighted by atomic mass is 16.7. The van der Waals surface area contributed by atoms with Crippen LogP contribution in [-0.2, 0) is 27.1 Å². The molecule has 0 N–H and O–H groups in total. The lowest BCUT2D eigenvalue weighted by Crippen LogP contribution is -2.49. The number of hydrogen-bond acceptors (Lipinski definition) is 5. The SMILES string of the molecule is C[C@@H]1Cn2ncc(B3OC(C)(C)C(C)(C)O3)c2CN1C(=O)OC(C)(C)C. The van der Waals surface area contributed by atoms with Gasteiger partial charge in [-0.1, -0.05) is 0 Å². The highest BCUT2D eigenvalue weighted by Crippen LogP contribution is 2.37. The van der Waals surface area contributed by atoms with Gasteiger partial charge in [0.2, 0.25) is 0 Å². The molecule has 26 heavy (non-hydrogen) atoms. The van der Waals surface area contributed by atoms with Crippen LogP contribution in [0.2, 0.25) is 0 Å². The van der Waals surface area contributed by atoms with Gasteiger partial charge in [-0.15, -0.1) is 0 Å². The molecule has 7 nitrogen and oxygen atoms in total. The first-order valence-corrected chi connectivity index (χ1v) is 9.20. The van der Waals surface area contributed by atoms with Gasteiger partial charge in [0.1, 0.15) is 5.60 Å². The minimum Gasteiger partial charge on any atom is -0.444 e. The largest absolute Gasteiger partial charge is 0.498 e. The molecule has 8 heteroatoms. The molecule has 3 heterocycles. The van der Waals surface area contributed by atoms with Crippen molar-refractivity contribution in [3.63, 3.8) is 0 Å². The van der Waals surface area contributed by atoms with Crippen LogP contribution in [-0.4, -0.2) is 50.7 Å². The molecule has 1 saturated heterocycles. The van der Waals surface area contributed by atoms with Crippen molar-refractivity contribution < 1.29 is 18.8 Å². The molecule has 0 unspecified atom stereocenters. The van der Waals surface area contributed by atoms with Gasteiger partial charge in [-0.3, -0.25) is 9.58 Å². The van der Waals surface area contributed by atoms with E-state index in [1.54, 1.807) is 11.1 Å². The fraction of sp³-hybridized carbons (Fsp3) is 0.778. The Bertz CT molecular complexity index is 692. The van der Waals surface area contributed by atoms with E-state index in [-0.39, 0.29) is 12.1 Å². The van der Waals surface area contributed by atoms with Gasteiger partial charge in [0.15, 0.2) is 0 Å². The van der Waals surface area contributed by atoms with Gasteiger partial charge in [-0.25, -0.2) is 4.79 Å². The molecule has 0 aromatic carbocycles. The molecule has 1 aromatic rings. The fourth-order valence-corrected chi connectivity index (χ4v) is 3.15. The molecule has 2 aliphatic rings. The highest BCUT2D eigenvalue weighted by molar-refractivity contribution is 6.62. The van der Waals surface area contributed by atoms with E-state index in [0.717, 1.165) is 11.2 Å². The van der Waals surface area contributed by atoms with E-state index in [4.69, 9.17) is 14.0 Å². The summed E-state index contributed by atoms with van der Waals surface area (Å²) in [4.78, 5) is 14.4. The maximum absolute atomic E-state index is 12.6. The summed E-state index contributed by atoms with van der Waals surface area (Å²) in [6, 6.07) is 0.00315. The van der Waals surface area contributed by atoms with Crippen molar-refractivity contribution in [3.8, 4) is 0 Å². The van der Waals surface area contributed by atoms with E-state index in [1.807, 2.05) is 60.1 Å². The van der Waals surface area contributed by atoms with Crippen LogP contribution >= 0.6 is 0 Å². The summed E-state index contributed by atoms with van der Waals surface area (Å²) in [5, 5.41) is 4.49. The predicted molar refractivity (Wildman–Crippen MR) is 99.2 cm³/mol. The molecule has 0 saturated carbocycles. The molecule has 2 aliphatic heterocycles. The number of rotatable bonds is 1. The zero-order valence-corrected chi connectivity index (χ0v) is 17.1. The van der Waals surface area contributed by atoms with Gasteiger partial charge >= 0.3 is 13.2 Å². The van der Waals surface area contributed by atoms with Crippen molar-refractivity contribution in [3.05, 3.63) is 11.9 Å². The zero-order chi connectivity index (χ0) is 19.5. The number of carbonyl (C=O) groups excluding carboxylic acids is 1. The predicted octanol–water partition coefficient (Wildman–Crippen LogP) is 2.32. The van der Waals surface area contributed by atoms with Crippen molar-refractivity contribution in [2.45, 2.75) is 91.3 Å². The maximum atomic E-state index is 12.6. The average Bonchev–Trinajstić information content (AvgIpc) is 2.94. The summed E-state index contributed by atoms with van der Waals surface area (Å²) in [6.45, 7) is 16.8. The van der Waals surface area contributed by atoms with E-state index in [0.29, 0.717) is 13.1 Å². The van der Waals surface area contributed by atoms with Gasteiger partial charge in [0.25, 0.3) is 0 Å². The van der Waals surface area contributed by atoms with Crippen molar-refractivity contribution in [1.82, 2.24) is 14.7 Å². The molecular weight excluding hydrogens is 333 g/mol. The van der Waals surface area contributed by atoms with Crippen LogP contribution < -0.4 is 5.46 Å². The van der Waals surface area contributed by atoms with Crippen LogP contribution in [0.1, 0.15) is 61.1 Å². The van der Waals surface area contributed by atoms with E-state index >= 15 is 0 Å². The number of ether oxygens (including phenoxy) is 1. The average molecular weight is 363 g/mol. The number of carbonyl (C=O) groups is 1. The summed E-state index contributed by atoms with van der Waals surface area (Å²) >= 11 is 0. The van der Waals surface area contributed by atoms with Crippen LogP contribution in [0, 0.1) is 0 Å². The van der Waals surface area contributed by atoms with Gasteiger partial charge in [-0.05, 0) is 55.4 Å². The van der Waals surface area contributed by atoms with Crippen LogP contribution in [0.4, 0.5) is 4.79 Å². The Morgan fingerprint density at radius 2 is 1.85 bits per heavy atom. The molecule has 0 radical (unpaired) electrons. The maximum Gasteiger partial charge on any atom is 0.498 e. The Morgan fingerprint density at radius 1 is 1.27 bits per heavy atom. The second kappa shape index (κ2) is 5.99. The second-order valence-corrected chi connectivity index (χ2v) is 9.27. The van der Waals surface area contributed by atoms with Crippen LogP contribution in [0.15, 0.2) is 6.20 Å². The van der Waals surface area contributed by atoms with Gasteiger partial charge in [-0.2, -0.15) is 5.10 Å². The minimum atomic E-state index is -0.525. The Hall–Kier alpha value is -1.54. The molecule has 1 amide bonds. The van der Waals surface area contributed by atoms with Crippen LogP contribution in [0.5, 0.6) is 0 Å². The lowest BCUT2D eigenvalue weighted by atomic mass is 9.79. The summed E-state index contributed by atoms with van der Waals surface area (Å²) in [7, 11) is -0.488. The van der Waals surface area contributed by atoms with Crippen molar-refractivity contribution in [2.24, 2.45) is 0 Å². The fourth-order valence-electron chi connectivity index (χ4n) is 3.15. The third-order valence-electron chi connectivity index (χ3n) is 5.41. The second-order valence-electron chi connectivity index (χ2n) is 9.27. The first-order chi connectivity index (χ1) is 11.8. The molecule has 1 atom stereocenters. The van der Waals surface area contributed by atoms with E-state index in [9.17, 15) is 4.79 Å². The number of nitrogens with zero attached hydrogens (tertiary/aromatic N) is 3. The van der Waals surface area contributed by atoms with Crippen molar-refractivity contribution in [2.75, 3.05) is 0 Å². The lowest BCUT2D eigenvalue weighted by Gasteiger charge is -2.35. The Labute approximate surface area is 156 Å². The Morgan fingerprint density at radius 3 is 2.38 bits per heavy atom. The standard InChI is InChI=1S/C18H30BN3O4/c1-12-10-22-14(11-21(12)15(23)24-16(2,3)4)13(9-20-22)19-25-17(5,6)18(7,8)26-19/h9,12H,10-11H2,1-8H3/t12-/m1/s1. The van der Waals surface area contributed by atoms with Crippen LogP contribution in [0.25, 0.3) is 0 Å². The third-order valence-corrected chi connectivity index (χ3v) is 5.41. The van der Waals surface area contributed by atoms with E-state index < -0.39 is 23.9 Å². The third kappa shape index (κ3) is 3.36. The van der Waals surface area contributed by atoms with Crippen LogP contribution in [0.3, 0.4) is 0 Å². The Kier molecular flexibility index (Phi) is 4.43. The first kappa shape index (κ1) is 19.2. The monoisotopic (exact) mass is 363 g/mol. The molecule has 0 bridgehead atoms. The topological polar surface area (TPSA) is 65.8 Å². The number of hydrogen-bond donors (Lipinski definition) is 0. The van der Waals surface area contributed by atoms with Crippen molar-refractivity contribution in [1.29, 1.82) is 0 Å².